The molecule has 0 aliphatic carbocycles. The van der Waals surface area contributed by atoms with Crippen LogP contribution in [0.1, 0.15) is 50.7 Å². The smallest absolute Gasteiger partial charge is 0.872 e. The number of hydrogen-bond acceptors (Lipinski definition) is 1. The molecule has 108 valence electrons. The summed E-state index contributed by atoms with van der Waals surface area (Å²) in [7, 11) is 0. The minimum atomic E-state index is -0.131. The van der Waals surface area contributed by atoms with Gasteiger partial charge in [0.05, 0.1) is 0 Å². The van der Waals surface area contributed by atoms with E-state index in [2.05, 4.69) is 27.7 Å². The topological polar surface area (TPSA) is 23.1 Å². The van der Waals surface area contributed by atoms with E-state index in [1.807, 2.05) is 12.1 Å². The van der Waals surface area contributed by atoms with Crippen LogP contribution in [-0.2, 0) is 0 Å². The molecule has 2 rings (SSSR count). The Morgan fingerprint density at radius 3 is 1.71 bits per heavy atom. The number of benzene rings is 2. The van der Waals surface area contributed by atoms with Crippen LogP contribution in [0.3, 0.4) is 0 Å². The van der Waals surface area contributed by atoms with Gasteiger partial charge < -0.3 is 5.11 Å². The van der Waals surface area contributed by atoms with Crippen molar-refractivity contribution in [1.29, 1.82) is 0 Å². The summed E-state index contributed by atoms with van der Waals surface area (Å²) in [6.45, 7) is 8.47. The Morgan fingerprint density at radius 1 is 0.810 bits per heavy atom. The van der Waals surface area contributed by atoms with Gasteiger partial charge in [-0.3, -0.25) is 0 Å². The molecule has 0 fully saturated rings. The average molecular weight is 296 g/mol. The average Bonchev–Trinajstić information content (AvgIpc) is 2.39. The van der Waals surface area contributed by atoms with Crippen LogP contribution in [0.15, 0.2) is 48.5 Å². The fourth-order valence-corrected chi connectivity index (χ4v) is 1.99. The van der Waals surface area contributed by atoms with Gasteiger partial charge in [-0.05, 0) is 35.1 Å². The third-order valence-corrected chi connectivity index (χ3v) is 3.04. The van der Waals surface area contributed by atoms with Crippen molar-refractivity contribution in [3.8, 4) is 5.75 Å². The number of para-hydroxylation sites is 1. The Hall–Kier alpha value is -0.830. The zero-order valence-corrected chi connectivity index (χ0v) is 15.6. The second kappa shape index (κ2) is 9.99. The molecular formula is C18H22FNaO. The molecule has 0 unspecified atom stereocenters. The predicted molar refractivity (Wildman–Crippen MR) is 80.5 cm³/mol. The molecule has 0 saturated heterocycles. The van der Waals surface area contributed by atoms with Crippen molar-refractivity contribution in [2.75, 3.05) is 0 Å². The van der Waals surface area contributed by atoms with Gasteiger partial charge in [0, 0.05) is 0 Å². The summed E-state index contributed by atoms with van der Waals surface area (Å²) < 4.78 is 13.0. The molecule has 0 saturated carbocycles. The molecule has 0 radical (unpaired) electrons. The predicted octanol–water partition coefficient (Wildman–Crippen LogP) is 1.84. The molecule has 0 atom stereocenters. The first-order chi connectivity index (χ1) is 9.41. The maximum atomic E-state index is 13.0. The van der Waals surface area contributed by atoms with Crippen LogP contribution in [0, 0.1) is 5.82 Å². The van der Waals surface area contributed by atoms with Crippen LogP contribution >= 0.6 is 0 Å². The van der Waals surface area contributed by atoms with Gasteiger partial charge in [-0.25, -0.2) is 4.39 Å². The van der Waals surface area contributed by atoms with E-state index in [0.717, 1.165) is 5.56 Å². The van der Waals surface area contributed by atoms with Crippen molar-refractivity contribution in [2.45, 2.75) is 39.5 Å². The number of rotatable bonds is 2. The van der Waals surface area contributed by atoms with E-state index in [1.165, 1.54) is 17.7 Å². The quantitative estimate of drug-likeness (QED) is 0.776. The van der Waals surface area contributed by atoms with Gasteiger partial charge in [-0.15, -0.1) is 5.75 Å². The minimum absolute atomic E-state index is 0. The molecule has 0 spiro atoms. The third-order valence-electron chi connectivity index (χ3n) is 3.04. The van der Waals surface area contributed by atoms with E-state index in [-0.39, 0.29) is 41.1 Å². The first-order valence-corrected chi connectivity index (χ1v) is 6.93. The molecule has 21 heavy (non-hydrogen) atoms. The van der Waals surface area contributed by atoms with Gasteiger partial charge in [0.15, 0.2) is 0 Å². The Kier molecular flexibility index (Phi) is 9.60. The van der Waals surface area contributed by atoms with Gasteiger partial charge in [0.25, 0.3) is 0 Å². The maximum Gasteiger partial charge on any atom is 1.00 e. The Labute approximate surface area is 149 Å². The van der Waals surface area contributed by atoms with Crippen LogP contribution in [0.25, 0.3) is 0 Å². The van der Waals surface area contributed by atoms with E-state index in [1.54, 1.807) is 24.3 Å². The van der Waals surface area contributed by atoms with Crippen molar-refractivity contribution in [3.63, 3.8) is 0 Å². The van der Waals surface area contributed by atoms with E-state index >= 15 is 0 Å². The van der Waals surface area contributed by atoms with E-state index in [0.29, 0.717) is 11.8 Å². The van der Waals surface area contributed by atoms with Gasteiger partial charge in [-0.2, -0.15) is 0 Å². The SMILES string of the molecule is CC(C)c1ccc(F)cc1C(C)C.[Na+].[O-]c1ccccc1. The number of halogens is 1. The van der Waals surface area contributed by atoms with Crippen molar-refractivity contribution in [2.24, 2.45) is 0 Å². The summed E-state index contributed by atoms with van der Waals surface area (Å²) in [6, 6.07) is 13.4. The van der Waals surface area contributed by atoms with Crippen molar-refractivity contribution >= 4 is 0 Å². The van der Waals surface area contributed by atoms with Gasteiger partial charge in [0.1, 0.15) is 5.82 Å². The van der Waals surface area contributed by atoms with Gasteiger partial charge in [0.2, 0.25) is 0 Å². The molecule has 2 aromatic rings. The molecule has 2 aromatic carbocycles. The van der Waals surface area contributed by atoms with Gasteiger partial charge in [-0.1, -0.05) is 64.1 Å². The monoisotopic (exact) mass is 296 g/mol. The Balaban J connectivity index is 0.000000425. The number of hydrogen-bond donors (Lipinski definition) is 0. The van der Waals surface area contributed by atoms with Crippen LogP contribution in [0.4, 0.5) is 4.39 Å². The second-order valence-corrected chi connectivity index (χ2v) is 5.40. The fraction of sp³-hybridized carbons (Fsp3) is 0.333. The molecule has 0 aliphatic rings. The summed E-state index contributed by atoms with van der Waals surface area (Å²) in [5.41, 5.74) is 2.39. The fourth-order valence-electron chi connectivity index (χ4n) is 1.99. The largest absolute Gasteiger partial charge is 1.00 e. The molecule has 3 heteroatoms. The Morgan fingerprint density at radius 2 is 1.33 bits per heavy atom. The van der Waals surface area contributed by atoms with Crippen LogP contribution < -0.4 is 34.7 Å². The van der Waals surface area contributed by atoms with Crippen LogP contribution in [0.5, 0.6) is 5.75 Å². The van der Waals surface area contributed by atoms with Gasteiger partial charge >= 0.3 is 29.6 Å². The molecule has 0 amide bonds. The van der Waals surface area contributed by atoms with Crippen LogP contribution in [-0.4, -0.2) is 0 Å². The molecule has 0 N–H and O–H groups in total. The van der Waals surface area contributed by atoms with Crippen molar-refractivity contribution in [3.05, 3.63) is 65.5 Å². The molecule has 0 aliphatic heterocycles. The molecular weight excluding hydrogens is 274 g/mol. The summed E-state index contributed by atoms with van der Waals surface area (Å²) >= 11 is 0. The minimum Gasteiger partial charge on any atom is -0.872 e. The normalized spacial score (nSPS) is 9.86. The van der Waals surface area contributed by atoms with Crippen molar-refractivity contribution < 1.29 is 39.1 Å². The first kappa shape index (κ1) is 20.2. The maximum absolute atomic E-state index is 13.0. The third kappa shape index (κ3) is 7.12. The summed E-state index contributed by atoms with van der Waals surface area (Å²) in [6.07, 6.45) is 0. The van der Waals surface area contributed by atoms with E-state index < -0.39 is 0 Å². The standard InChI is InChI=1S/C12H17F.C6H6O.Na/c1-8(2)11-6-5-10(13)7-12(11)9(3)4;7-6-4-2-1-3-5-6;/h5-9H,1-4H3;1-5,7H;/q;;+1/p-1. The Bertz CT molecular complexity index is 524. The summed E-state index contributed by atoms with van der Waals surface area (Å²) in [5, 5.41) is 10.3. The zero-order valence-electron chi connectivity index (χ0n) is 13.6. The molecule has 0 heterocycles. The van der Waals surface area contributed by atoms with Crippen LogP contribution in [0.2, 0.25) is 0 Å². The van der Waals surface area contributed by atoms with E-state index in [4.69, 9.17) is 0 Å². The molecule has 0 bridgehead atoms. The molecule has 0 aromatic heterocycles. The zero-order chi connectivity index (χ0) is 15.1. The molecule has 1 nitrogen and oxygen atoms in total. The first-order valence-electron chi connectivity index (χ1n) is 6.93. The van der Waals surface area contributed by atoms with E-state index in [9.17, 15) is 9.50 Å². The van der Waals surface area contributed by atoms with Crippen molar-refractivity contribution in [1.82, 2.24) is 0 Å². The second-order valence-electron chi connectivity index (χ2n) is 5.40. The summed E-state index contributed by atoms with van der Waals surface area (Å²) in [4.78, 5) is 0. The summed E-state index contributed by atoms with van der Waals surface area (Å²) in [5.74, 6) is 0.807.